The fraction of sp³-hybridized carbons (Fsp3) is 0.172. The Bertz CT molecular complexity index is 1610. The third kappa shape index (κ3) is 4.80. The number of benzene rings is 4. The number of hydrogen-bond acceptors (Lipinski definition) is 5. The van der Waals surface area contributed by atoms with E-state index in [-0.39, 0.29) is 17.4 Å². The van der Waals surface area contributed by atoms with E-state index in [1.54, 1.807) is 32.4 Å². The van der Waals surface area contributed by atoms with E-state index in [0.717, 1.165) is 27.5 Å². The van der Waals surface area contributed by atoms with E-state index in [4.69, 9.17) is 13.9 Å². The second-order valence-electron chi connectivity index (χ2n) is 8.61. The molecule has 0 aliphatic rings. The van der Waals surface area contributed by atoms with Crippen LogP contribution in [0, 0.1) is 0 Å². The predicted molar refractivity (Wildman–Crippen MR) is 141 cm³/mol. The van der Waals surface area contributed by atoms with Gasteiger partial charge in [0.1, 0.15) is 11.2 Å². The van der Waals surface area contributed by atoms with Gasteiger partial charge in [0, 0.05) is 23.2 Å². The Morgan fingerprint density at radius 1 is 0.778 bits per heavy atom. The molecule has 0 fully saturated rings. The molecule has 0 saturated carbocycles. The van der Waals surface area contributed by atoms with Gasteiger partial charge in [-0.2, -0.15) is 0 Å². The van der Waals surface area contributed by atoms with Crippen molar-refractivity contribution in [2.75, 3.05) is 20.8 Å². The summed E-state index contributed by atoms with van der Waals surface area (Å²) in [6.45, 7) is 0.219. The molecule has 5 aromatic rings. The van der Waals surface area contributed by atoms with Crippen molar-refractivity contribution in [2.45, 2.75) is 17.2 Å². The number of para-hydroxylation sites is 1. The van der Waals surface area contributed by atoms with E-state index in [2.05, 4.69) is 4.72 Å². The molecule has 1 unspecified atom stereocenters. The molecule has 6 nitrogen and oxygen atoms in total. The second-order valence-corrected chi connectivity index (χ2v) is 10.4. The van der Waals surface area contributed by atoms with Gasteiger partial charge in [0.25, 0.3) is 0 Å². The second kappa shape index (κ2) is 10.0. The Kier molecular flexibility index (Phi) is 6.67. The lowest BCUT2D eigenvalue weighted by Crippen LogP contribution is -2.29. The average Bonchev–Trinajstić information content (AvgIpc) is 3.29. The normalized spacial score (nSPS) is 12.6. The molecule has 0 bridgehead atoms. The molecule has 1 heterocycles. The first-order valence-electron chi connectivity index (χ1n) is 11.7. The summed E-state index contributed by atoms with van der Waals surface area (Å²) in [7, 11) is -0.590. The van der Waals surface area contributed by atoms with E-state index >= 15 is 0 Å². The molecule has 0 radical (unpaired) electrons. The maximum atomic E-state index is 13.4. The van der Waals surface area contributed by atoms with Gasteiger partial charge in [-0.15, -0.1) is 0 Å². The molecule has 1 N–H and O–H groups in total. The molecule has 5 rings (SSSR count). The highest BCUT2D eigenvalue weighted by atomic mass is 32.2. The lowest BCUT2D eigenvalue weighted by atomic mass is 9.92. The van der Waals surface area contributed by atoms with Crippen molar-refractivity contribution in [3.63, 3.8) is 0 Å². The van der Waals surface area contributed by atoms with Gasteiger partial charge in [0.15, 0.2) is 11.5 Å². The minimum Gasteiger partial charge on any atom is -0.493 e. The minimum atomic E-state index is -3.77. The van der Waals surface area contributed by atoms with Crippen LogP contribution in [0.5, 0.6) is 11.5 Å². The Morgan fingerprint density at radius 3 is 2.28 bits per heavy atom. The van der Waals surface area contributed by atoms with Crippen LogP contribution in [0.3, 0.4) is 0 Å². The molecule has 36 heavy (non-hydrogen) atoms. The SMILES string of the molecule is COc1ccc(C(CNS(=O)(=O)c2ccc3oc4ccccc4c3c2)Cc2ccccc2)cc1OC. The van der Waals surface area contributed by atoms with Gasteiger partial charge in [-0.05, 0) is 53.9 Å². The molecule has 0 amide bonds. The summed E-state index contributed by atoms with van der Waals surface area (Å²) in [4.78, 5) is 0.201. The van der Waals surface area contributed by atoms with Gasteiger partial charge in [0.05, 0.1) is 19.1 Å². The molecule has 4 aromatic carbocycles. The van der Waals surface area contributed by atoms with Crippen LogP contribution < -0.4 is 14.2 Å². The zero-order chi connectivity index (χ0) is 25.1. The number of ether oxygens (including phenoxy) is 2. The fourth-order valence-corrected chi connectivity index (χ4v) is 5.59. The number of fused-ring (bicyclic) bond motifs is 3. The van der Waals surface area contributed by atoms with Crippen molar-refractivity contribution in [2.24, 2.45) is 0 Å². The van der Waals surface area contributed by atoms with Gasteiger partial charge in [-0.1, -0.05) is 54.6 Å². The Labute approximate surface area is 210 Å². The smallest absolute Gasteiger partial charge is 0.240 e. The Balaban J connectivity index is 1.45. The van der Waals surface area contributed by atoms with Crippen molar-refractivity contribution < 1.29 is 22.3 Å². The zero-order valence-corrected chi connectivity index (χ0v) is 20.9. The van der Waals surface area contributed by atoms with Gasteiger partial charge < -0.3 is 13.9 Å². The van der Waals surface area contributed by atoms with Crippen LogP contribution in [0.25, 0.3) is 21.9 Å². The van der Waals surface area contributed by atoms with Crippen LogP contribution in [0.4, 0.5) is 0 Å². The van der Waals surface area contributed by atoms with Crippen molar-refractivity contribution in [3.8, 4) is 11.5 Å². The van der Waals surface area contributed by atoms with E-state index in [1.165, 1.54) is 0 Å². The summed E-state index contributed by atoms with van der Waals surface area (Å²) in [5.41, 5.74) is 3.45. The Hall–Kier alpha value is -3.81. The van der Waals surface area contributed by atoms with E-state index < -0.39 is 10.0 Å². The molecule has 0 saturated heterocycles. The number of methoxy groups -OCH3 is 2. The number of furan rings is 1. The number of hydrogen-bond donors (Lipinski definition) is 1. The molecule has 1 atom stereocenters. The summed E-state index contributed by atoms with van der Waals surface area (Å²) >= 11 is 0. The van der Waals surface area contributed by atoms with Gasteiger partial charge in [-0.3, -0.25) is 0 Å². The molecule has 7 heteroatoms. The topological polar surface area (TPSA) is 77.8 Å². The minimum absolute atomic E-state index is 0.125. The van der Waals surface area contributed by atoms with Gasteiger partial charge in [-0.25, -0.2) is 13.1 Å². The van der Waals surface area contributed by atoms with Crippen molar-refractivity contribution >= 4 is 32.0 Å². The molecular weight excluding hydrogens is 474 g/mol. The van der Waals surface area contributed by atoms with E-state index in [9.17, 15) is 8.42 Å². The maximum Gasteiger partial charge on any atom is 0.240 e. The monoisotopic (exact) mass is 501 g/mol. The van der Waals surface area contributed by atoms with Crippen LogP contribution in [-0.4, -0.2) is 29.2 Å². The van der Waals surface area contributed by atoms with Crippen LogP contribution >= 0.6 is 0 Å². The fourth-order valence-electron chi connectivity index (χ4n) is 4.48. The van der Waals surface area contributed by atoms with Gasteiger partial charge in [0.2, 0.25) is 10.0 Å². The van der Waals surface area contributed by atoms with Crippen molar-refractivity contribution in [1.82, 2.24) is 4.72 Å². The third-order valence-electron chi connectivity index (χ3n) is 6.38. The van der Waals surface area contributed by atoms with Gasteiger partial charge >= 0.3 is 0 Å². The molecule has 0 spiro atoms. The van der Waals surface area contributed by atoms with Crippen LogP contribution in [0.15, 0.2) is 100 Å². The largest absolute Gasteiger partial charge is 0.493 e. The van der Waals surface area contributed by atoms with Crippen molar-refractivity contribution in [1.29, 1.82) is 0 Å². The number of sulfonamides is 1. The van der Waals surface area contributed by atoms with Crippen LogP contribution in [-0.2, 0) is 16.4 Å². The summed E-state index contributed by atoms with van der Waals surface area (Å²) in [5, 5.41) is 1.66. The highest BCUT2D eigenvalue weighted by molar-refractivity contribution is 7.89. The first-order valence-corrected chi connectivity index (χ1v) is 13.1. The standard InChI is InChI=1S/C29H27NO5S/c1-33-28-14-12-21(17-29(28)34-2)22(16-20-8-4-3-5-9-20)19-30-36(31,32)23-13-15-27-25(18-23)24-10-6-7-11-26(24)35-27/h3-15,17-18,22,30H,16,19H2,1-2H3. The molecule has 0 aliphatic carbocycles. The third-order valence-corrected chi connectivity index (χ3v) is 7.80. The summed E-state index contributed by atoms with van der Waals surface area (Å²) in [6.07, 6.45) is 0.657. The highest BCUT2D eigenvalue weighted by Gasteiger charge is 2.21. The number of nitrogens with one attached hydrogen (secondary N) is 1. The lowest BCUT2D eigenvalue weighted by molar-refractivity contribution is 0.354. The predicted octanol–water partition coefficient (Wildman–Crippen LogP) is 5.91. The molecule has 1 aromatic heterocycles. The maximum absolute atomic E-state index is 13.4. The first-order chi connectivity index (χ1) is 17.5. The highest BCUT2D eigenvalue weighted by Crippen LogP contribution is 2.33. The quantitative estimate of drug-likeness (QED) is 0.272. The Morgan fingerprint density at radius 2 is 1.50 bits per heavy atom. The van der Waals surface area contributed by atoms with Crippen molar-refractivity contribution in [3.05, 3.63) is 102 Å². The van der Waals surface area contributed by atoms with E-state index in [0.29, 0.717) is 23.5 Å². The van der Waals surface area contributed by atoms with E-state index in [1.807, 2.05) is 72.8 Å². The molecule has 184 valence electrons. The van der Waals surface area contributed by atoms with Crippen LogP contribution in [0.2, 0.25) is 0 Å². The first kappa shape index (κ1) is 23.9. The average molecular weight is 502 g/mol. The summed E-state index contributed by atoms with van der Waals surface area (Å²) < 4.78 is 46.3. The molecule has 0 aliphatic heterocycles. The zero-order valence-electron chi connectivity index (χ0n) is 20.1. The molecular formula is C29H27NO5S. The lowest BCUT2D eigenvalue weighted by Gasteiger charge is -2.20. The summed E-state index contributed by atoms with van der Waals surface area (Å²) in [6, 6.07) is 28.3. The summed E-state index contributed by atoms with van der Waals surface area (Å²) in [5.74, 6) is 1.11. The number of rotatable bonds is 9. The van der Waals surface area contributed by atoms with Crippen LogP contribution in [0.1, 0.15) is 17.0 Å².